The Morgan fingerprint density at radius 2 is 1.76 bits per heavy atom. The zero-order chi connectivity index (χ0) is 19.8. The molecule has 5 heteroatoms. The van der Waals surface area contributed by atoms with E-state index >= 15 is 0 Å². The van der Waals surface area contributed by atoms with Crippen LogP contribution in [-0.4, -0.2) is 9.38 Å². The summed E-state index contributed by atoms with van der Waals surface area (Å²) in [7, 11) is 0. The summed E-state index contributed by atoms with van der Waals surface area (Å²) in [4.78, 5) is 18.1. The van der Waals surface area contributed by atoms with E-state index in [1.807, 2.05) is 66.7 Å². The van der Waals surface area contributed by atoms with Crippen molar-refractivity contribution in [2.24, 2.45) is 0 Å². The average Bonchev–Trinajstić information content (AvgIpc) is 3.25. The maximum absolute atomic E-state index is 12.8. The predicted octanol–water partition coefficient (Wildman–Crippen LogP) is 4.34. The Morgan fingerprint density at radius 1 is 1.00 bits per heavy atom. The lowest BCUT2D eigenvalue weighted by Gasteiger charge is -2.08. The first-order chi connectivity index (χ1) is 14.2. The van der Waals surface area contributed by atoms with Crippen molar-refractivity contribution >= 4 is 33.4 Å². The van der Waals surface area contributed by atoms with Crippen LogP contribution < -0.4 is 14.8 Å². The molecule has 0 aliphatic heterocycles. The molecule has 5 rings (SSSR count). The van der Waals surface area contributed by atoms with Gasteiger partial charge in [0.05, 0.1) is 15.6 Å². The van der Waals surface area contributed by atoms with Crippen LogP contribution in [-0.2, 0) is 6.61 Å². The summed E-state index contributed by atoms with van der Waals surface area (Å²) in [5.41, 5.74) is 5.02. The molecule has 0 aliphatic rings. The van der Waals surface area contributed by atoms with E-state index in [9.17, 15) is 4.79 Å². The molecule has 0 fully saturated rings. The fraction of sp³-hybridized carbons (Fsp3) is 0.0833. The summed E-state index contributed by atoms with van der Waals surface area (Å²) in [6, 6.07) is 23.7. The van der Waals surface area contributed by atoms with Crippen LogP contribution in [0.15, 0.2) is 77.6 Å². The molecule has 29 heavy (non-hydrogen) atoms. The SMILES string of the molecule is Cc1ccccc1COc1ccc(C=c2sc3nc4ccccc4n3c2=O)cc1. The number of thiazole rings is 1. The van der Waals surface area contributed by atoms with Gasteiger partial charge >= 0.3 is 0 Å². The summed E-state index contributed by atoms with van der Waals surface area (Å²) in [5, 5.41) is 0. The second-order valence-electron chi connectivity index (χ2n) is 6.92. The molecule has 4 nitrogen and oxygen atoms in total. The molecule has 0 amide bonds. The number of rotatable bonds is 4. The summed E-state index contributed by atoms with van der Waals surface area (Å²) in [6.07, 6.45) is 1.90. The Labute approximate surface area is 171 Å². The molecule has 0 atom stereocenters. The molecular formula is C24H18N2O2S. The highest BCUT2D eigenvalue weighted by atomic mass is 32.1. The van der Waals surface area contributed by atoms with Gasteiger partial charge in [-0.05, 0) is 54.0 Å². The number of hydrogen-bond acceptors (Lipinski definition) is 4. The maximum Gasteiger partial charge on any atom is 0.274 e. The summed E-state index contributed by atoms with van der Waals surface area (Å²) < 4.78 is 8.26. The average molecular weight is 398 g/mol. The molecule has 0 unspecified atom stereocenters. The lowest BCUT2D eigenvalue weighted by molar-refractivity contribution is 0.305. The number of benzene rings is 3. The number of imidazole rings is 1. The van der Waals surface area contributed by atoms with Gasteiger partial charge in [-0.1, -0.05) is 59.9 Å². The van der Waals surface area contributed by atoms with Crippen molar-refractivity contribution in [2.45, 2.75) is 13.5 Å². The van der Waals surface area contributed by atoms with Crippen LogP contribution in [0.2, 0.25) is 0 Å². The highest BCUT2D eigenvalue weighted by Gasteiger charge is 2.10. The number of hydrogen-bond donors (Lipinski definition) is 0. The van der Waals surface area contributed by atoms with Crippen molar-refractivity contribution in [3.8, 4) is 5.75 Å². The topological polar surface area (TPSA) is 43.6 Å². The van der Waals surface area contributed by atoms with Crippen LogP contribution in [0.25, 0.3) is 22.1 Å². The fourth-order valence-corrected chi connectivity index (χ4v) is 4.34. The molecule has 2 aromatic heterocycles. The normalized spacial score (nSPS) is 12.1. The van der Waals surface area contributed by atoms with Gasteiger partial charge in [0.1, 0.15) is 12.4 Å². The molecule has 0 spiro atoms. The minimum Gasteiger partial charge on any atom is -0.489 e. The highest BCUT2D eigenvalue weighted by Crippen LogP contribution is 2.18. The molecule has 142 valence electrons. The third-order valence-electron chi connectivity index (χ3n) is 4.98. The Bertz CT molecular complexity index is 1430. The highest BCUT2D eigenvalue weighted by molar-refractivity contribution is 7.15. The smallest absolute Gasteiger partial charge is 0.274 e. The number of ether oxygens (including phenoxy) is 1. The van der Waals surface area contributed by atoms with Crippen molar-refractivity contribution < 1.29 is 4.74 Å². The van der Waals surface area contributed by atoms with Crippen molar-refractivity contribution in [3.63, 3.8) is 0 Å². The molecular weight excluding hydrogens is 380 g/mol. The molecule has 0 N–H and O–H groups in total. The van der Waals surface area contributed by atoms with E-state index in [2.05, 4.69) is 24.0 Å². The Kier molecular flexibility index (Phi) is 4.37. The van der Waals surface area contributed by atoms with Gasteiger partial charge in [0.15, 0.2) is 4.96 Å². The number of fused-ring (bicyclic) bond motifs is 3. The first-order valence-corrected chi connectivity index (χ1v) is 10.2. The van der Waals surface area contributed by atoms with E-state index < -0.39 is 0 Å². The summed E-state index contributed by atoms with van der Waals surface area (Å²) >= 11 is 1.41. The molecule has 0 aliphatic carbocycles. The van der Waals surface area contributed by atoms with E-state index in [1.165, 1.54) is 22.5 Å². The fourth-order valence-electron chi connectivity index (χ4n) is 3.36. The van der Waals surface area contributed by atoms with Gasteiger partial charge < -0.3 is 4.74 Å². The first kappa shape index (κ1) is 17.6. The van der Waals surface area contributed by atoms with E-state index in [0.29, 0.717) is 11.1 Å². The van der Waals surface area contributed by atoms with Crippen LogP contribution >= 0.6 is 11.3 Å². The second-order valence-corrected chi connectivity index (χ2v) is 7.93. The van der Waals surface area contributed by atoms with Crippen molar-refractivity contribution in [1.82, 2.24) is 9.38 Å². The van der Waals surface area contributed by atoms with Crippen molar-refractivity contribution in [2.75, 3.05) is 0 Å². The lowest BCUT2D eigenvalue weighted by Crippen LogP contribution is -2.22. The van der Waals surface area contributed by atoms with E-state index in [4.69, 9.17) is 4.74 Å². The maximum atomic E-state index is 12.8. The number of aryl methyl sites for hydroxylation is 1. The quantitative estimate of drug-likeness (QED) is 0.452. The summed E-state index contributed by atoms with van der Waals surface area (Å²) in [5.74, 6) is 0.805. The molecule has 0 bridgehead atoms. The number of aromatic nitrogens is 2. The van der Waals surface area contributed by atoms with E-state index in [1.54, 1.807) is 4.40 Å². The zero-order valence-corrected chi connectivity index (χ0v) is 16.6. The van der Waals surface area contributed by atoms with E-state index in [0.717, 1.165) is 27.3 Å². The Balaban J connectivity index is 1.42. The summed E-state index contributed by atoms with van der Waals surface area (Å²) in [6.45, 7) is 2.62. The minimum atomic E-state index is -0.0291. The van der Waals surface area contributed by atoms with Crippen LogP contribution in [0.4, 0.5) is 0 Å². The monoisotopic (exact) mass is 398 g/mol. The van der Waals surface area contributed by atoms with E-state index in [-0.39, 0.29) is 5.56 Å². The van der Waals surface area contributed by atoms with Gasteiger partial charge in [0, 0.05) is 0 Å². The Morgan fingerprint density at radius 3 is 2.59 bits per heavy atom. The van der Waals surface area contributed by atoms with Crippen molar-refractivity contribution in [1.29, 1.82) is 0 Å². The van der Waals surface area contributed by atoms with Gasteiger partial charge in [-0.15, -0.1) is 0 Å². The van der Waals surface area contributed by atoms with Crippen LogP contribution in [0.5, 0.6) is 5.75 Å². The van der Waals surface area contributed by atoms with Crippen LogP contribution in [0.1, 0.15) is 16.7 Å². The molecule has 0 saturated carbocycles. The standard InChI is InChI=1S/C24H18N2O2S/c1-16-6-2-3-7-18(16)15-28-19-12-10-17(11-13-19)14-22-23(27)26-21-9-5-4-8-20(21)25-24(26)29-22/h2-14H,15H2,1H3. The molecule has 5 aromatic rings. The largest absolute Gasteiger partial charge is 0.489 e. The minimum absolute atomic E-state index is 0.0291. The van der Waals surface area contributed by atoms with Crippen LogP contribution in [0, 0.1) is 6.92 Å². The number of nitrogens with zero attached hydrogens (tertiary/aromatic N) is 2. The molecule has 3 aromatic carbocycles. The second kappa shape index (κ2) is 7.18. The molecule has 2 heterocycles. The molecule has 0 saturated heterocycles. The van der Waals surface area contributed by atoms with Gasteiger partial charge in [0.25, 0.3) is 5.56 Å². The van der Waals surface area contributed by atoms with Crippen molar-refractivity contribution in [3.05, 3.63) is 104 Å². The zero-order valence-electron chi connectivity index (χ0n) is 15.8. The number of para-hydroxylation sites is 2. The third-order valence-corrected chi connectivity index (χ3v) is 5.95. The predicted molar refractivity (Wildman–Crippen MR) is 118 cm³/mol. The van der Waals surface area contributed by atoms with Gasteiger partial charge in [-0.2, -0.15) is 0 Å². The molecule has 0 radical (unpaired) electrons. The van der Waals surface area contributed by atoms with Gasteiger partial charge in [0.2, 0.25) is 0 Å². The first-order valence-electron chi connectivity index (χ1n) is 9.38. The Hall–Kier alpha value is -3.44. The van der Waals surface area contributed by atoms with Gasteiger partial charge in [-0.25, -0.2) is 9.38 Å². The van der Waals surface area contributed by atoms with Crippen LogP contribution in [0.3, 0.4) is 0 Å². The van der Waals surface area contributed by atoms with Gasteiger partial charge in [-0.3, -0.25) is 4.79 Å². The third kappa shape index (κ3) is 3.30. The lowest BCUT2D eigenvalue weighted by atomic mass is 10.1.